The second kappa shape index (κ2) is 7.19. The second-order valence-electron chi connectivity index (χ2n) is 5.16. The van der Waals surface area contributed by atoms with Crippen molar-refractivity contribution in [3.8, 4) is 0 Å². The van der Waals surface area contributed by atoms with Crippen LogP contribution in [0.25, 0.3) is 0 Å². The van der Waals surface area contributed by atoms with Gasteiger partial charge in [-0.15, -0.1) is 0 Å². The van der Waals surface area contributed by atoms with Gasteiger partial charge < -0.3 is 16.4 Å². The molecule has 4 N–H and O–H groups in total. The first-order valence-electron chi connectivity index (χ1n) is 7.21. The zero-order valence-corrected chi connectivity index (χ0v) is 12.3. The summed E-state index contributed by atoms with van der Waals surface area (Å²) >= 11 is 0. The van der Waals surface area contributed by atoms with Gasteiger partial charge in [-0.25, -0.2) is 0 Å². The summed E-state index contributed by atoms with van der Waals surface area (Å²) in [4.78, 5) is 25.6. The molecule has 1 aromatic carbocycles. The van der Waals surface area contributed by atoms with Crippen LogP contribution in [0.2, 0.25) is 0 Å². The fourth-order valence-electron chi connectivity index (χ4n) is 2.41. The third-order valence-electron chi connectivity index (χ3n) is 3.76. The first-order chi connectivity index (χ1) is 10.1. The molecule has 1 atom stereocenters. The predicted molar refractivity (Wildman–Crippen MR) is 81.6 cm³/mol. The van der Waals surface area contributed by atoms with Crippen molar-refractivity contribution >= 4 is 17.5 Å². The highest BCUT2D eigenvalue weighted by molar-refractivity contribution is 5.91. The topological polar surface area (TPSA) is 87.5 Å². The third-order valence-corrected chi connectivity index (χ3v) is 3.76. The average molecular weight is 290 g/mol. The highest BCUT2D eigenvalue weighted by Gasteiger charge is 2.25. The highest BCUT2D eigenvalue weighted by atomic mass is 16.2. The number of anilines is 1. The van der Waals surface area contributed by atoms with Crippen molar-refractivity contribution in [2.75, 3.05) is 25.0 Å². The molecule has 0 aromatic heterocycles. The maximum Gasteiger partial charge on any atom is 0.237 e. The van der Waals surface area contributed by atoms with Gasteiger partial charge in [-0.05, 0) is 18.6 Å². The molecule has 6 heteroatoms. The molecule has 114 valence electrons. The molecule has 1 aromatic rings. The summed E-state index contributed by atoms with van der Waals surface area (Å²) in [5.74, 6) is -0.0378. The number of para-hydroxylation sites is 1. The number of carbonyl (C=O) groups is 2. The van der Waals surface area contributed by atoms with Gasteiger partial charge in [-0.3, -0.25) is 14.5 Å². The number of rotatable bonds is 5. The summed E-state index contributed by atoms with van der Waals surface area (Å²) in [6.07, 6.45) is 0.358. The largest absolute Gasteiger partial charge is 0.353 e. The molecule has 0 bridgehead atoms. The number of carbonyl (C=O) groups excluding carboxylic acids is 2. The lowest BCUT2D eigenvalue weighted by Crippen LogP contribution is -2.54. The van der Waals surface area contributed by atoms with E-state index in [4.69, 9.17) is 5.73 Å². The van der Waals surface area contributed by atoms with Crippen molar-refractivity contribution in [3.63, 3.8) is 0 Å². The van der Waals surface area contributed by atoms with Crippen molar-refractivity contribution in [1.82, 2.24) is 10.2 Å². The Balaban J connectivity index is 1.86. The molecule has 1 aliphatic heterocycles. The number of benzene rings is 1. The summed E-state index contributed by atoms with van der Waals surface area (Å²) in [6.45, 7) is 4.24. The van der Waals surface area contributed by atoms with E-state index in [1.807, 2.05) is 36.1 Å². The maximum atomic E-state index is 12.0. The summed E-state index contributed by atoms with van der Waals surface area (Å²) in [6, 6.07) is 7.32. The van der Waals surface area contributed by atoms with Gasteiger partial charge in [0.2, 0.25) is 11.8 Å². The Kier molecular flexibility index (Phi) is 5.30. The van der Waals surface area contributed by atoms with Gasteiger partial charge in [0.25, 0.3) is 0 Å². The molecule has 0 saturated carbocycles. The van der Waals surface area contributed by atoms with Crippen LogP contribution >= 0.6 is 0 Å². The van der Waals surface area contributed by atoms with E-state index in [1.54, 1.807) is 0 Å². The lowest BCUT2D eigenvalue weighted by Gasteiger charge is -2.32. The molecule has 6 nitrogen and oxygen atoms in total. The molecule has 1 unspecified atom stereocenters. The molecular formula is C15H22N4O2. The Morgan fingerprint density at radius 2 is 2.24 bits per heavy atom. The average Bonchev–Trinajstić information content (AvgIpc) is 2.49. The lowest BCUT2D eigenvalue weighted by molar-refractivity contribution is -0.129. The molecule has 0 spiro atoms. The van der Waals surface area contributed by atoms with E-state index in [1.165, 1.54) is 0 Å². The van der Waals surface area contributed by atoms with Gasteiger partial charge in [0.05, 0.1) is 6.04 Å². The Morgan fingerprint density at radius 1 is 1.48 bits per heavy atom. The Labute approximate surface area is 124 Å². The van der Waals surface area contributed by atoms with Crippen molar-refractivity contribution in [1.29, 1.82) is 0 Å². The summed E-state index contributed by atoms with van der Waals surface area (Å²) in [7, 11) is 0. The normalized spacial score (nSPS) is 19.1. The third kappa shape index (κ3) is 4.03. The van der Waals surface area contributed by atoms with Gasteiger partial charge in [-0.2, -0.15) is 0 Å². The fraction of sp³-hybridized carbons (Fsp3) is 0.467. The SMILES string of the molecule is CC1C(=O)NCCN1CCC(=O)Nc1ccccc1CN. The van der Waals surface area contributed by atoms with Gasteiger partial charge in [-0.1, -0.05) is 18.2 Å². The molecule has 1 aliphatic rings. The molecule has 21 heavy (non-hydrogen) atoms. The maximum absolute atomic E-state index is 12.0. The number of hydrogen-bond acceptors (Lipinski definition) is 4. The standard InChI is InChI=1S/C15H22N4O2/c1-11-15(21)17-7-9-19(11)8-6-14(20)18-13-5-3-2-4-12(13)10-16/h2-5,11H,6-10,16H2,1H3,(H,17,21)(H,18,20). The minimum absolute atomic E-state index is 0.0233. The van der Waals surface area contributed by atoms with E-state index in [9.17, 15) is 9.59 Å². The molecule has 1 heterocycles. The number of nitrogens with one attached hydrogen (secondary N) is 2. The van der Waals surface area contributed by atoms with Crippen molar-refractivity contribution < 1.29 is 9.59 Å². The monoisotopic (exact) mass is 290 g/mol. The van der Waals surface area contributed by atoms with E-state index < -0.39 is 0 Å². The number of nitrogens with zero attached hydrogens (tertiary/aromatic N) is 1. The number of amides is 2. The Bertz CT molecular complexity index is 518. The summed E-state index contributed by atoms with van der Waals surface area (Å²) < 4.78 is 0. The van der Waals surface area contributed by atoms with E-state index in [0.717, 1.165) is 17.8 Å². The zero-order valence-electron chi connectivity index (χ0n) is 12.3. The van der Waals surface area contributed by atoms with Gasteiger partial charge >= 0.3 is 0 Å². The second-order valence-corrected chi connectivity index (χ2v) is 5.16. The number of hydrogen-bond donors (Lipinski definition) is 3. The molecule has 0 aliphatic carbocycles. The first kappa shape index (κ1) is 15.5. The van der Waals surface area contributed by atoms with Gasteiger partial charge in [0.1, 0.15) is 0 Å². The van der Waals surface area contributed by atoms with Crippen molar-refractivity contribution in [2.24, 2.45) is 5.73 Å². The molecule has 1 saturated heterocycles. The Hall–Kier alpha value is -1.92. The minimum atomic E-state index is -0.178. The fourth-order valence-corrected chi connectivity index (χ4v) is 2.41. The molecule has 1 fully saturated rings. The van der Waals surface area contributed by atoms with Gasteiger partial charge in [0, 0.05) is 38.3 Å². The van der Waals surface area contributed by atoms with Crippen LogP contribution in [-0.4, -0.2) is 42.4 Å². The van der Waals surface area contributed by atoms with Crippen LogP contribution in [-0.2, 0) is 16.1 Å². The van der Waals surface area contributed by atoms with E-state index >= 15 is 0 Å². The summed E-state index contributed by atoms with van der Waals surface area (Å²) in [5, 5.41) is 5.69. The van der Waals surface area contributed by atoms with Crippen LogP contribution in [0.3, 0.4) is 0 Å². The predicted octanol–water partition coefficient (Wildman–Crippen LogP) is 0.294. The quantitative estimate of drug-likeness (QED) is 0.727. The van der Waals surface area contributed by atoms with Crippen molar-refractivity contribution in [2.45, 2.75) is 25.9 Å². The van der Waals surface area contributed by atoms with E-state index in [0.29, 0.717) is 26.1 Å². The van der Waals surface area contributed by atoms with Crippen LogP contribution in [0, 0.1) is 0 Å². The number of nitrogens with two attached hydrogens (primary N) is 1. The Morgan fingerprint density at radius 3 is 3.00 bits per heavy atom. The smallest absolute Gasteiger partial charge is 0.237 e. The number of piperazine rings is 1. The van der Waals surface area contributed by atoms with Crippen molar-refractivity contribution in [3.05, 3.63) is 29.8 Å². The van der Waals surface area contributed by atoms with Crippen LogP contribution in [0.4, 0.5) is 5.69 Å². The van der Waals surface area contributed by atoms with Gasteiger partial charge in [0.15, 0.2) is 0 Å². The van der Waals surface area contributed by atoms with Crippen LogP contribution in [0.1, 0.15) is 18.9 Å². The van der Waals surface area contributed by atoms with Crippen LogP contribution in [0.5, 0.6) is 0 Å². The van der Waals surface area contributed by atoms with E-state index in [2.05, 4.69) is 10.6 Å². The van der Waals surface area contributed by atoms with E-state index in [-0.39, 0.29) is 17.9 Å². The lowest BCUT2D eigenvalue weighted by atomic mass is 10.1. The molecule has 2 amide bonds. The first-order valence-corrected chi connectivity index (χ1v) is 7.21. The van der Waals surface area contributed by atoms with Crippen LogP contribution in [0.15, 0.2) is 24.3 Å². The van der Waals surface area contributed by atoms with Crippen LogP contribution < -0.4 is 16.4 Å². The minimum Gasteiger partial charge on any atom is -0.353 e. The molecule has 0 radical (unpaired) electrons. The molecular weight excluding hydrogens is 268 g/mol. The highest BCUT2D eigenvalue weighted by Crippen LogP contribution is 2.14. The zero-order chi connectivity index (χ0) is 15.2. The summed E-state index contributed by atoms with van der Waals surface area (Å²) in [5.41, 5.74) is 7.32. The molecule has 2 rings (SSSR count).